The van der Waals surface area contributed by atoms with Crippen molar-refractivity contribution in [3.63, 3.8) is 0 Å². The molecule has 0 aliphatic carbocycles. The number of hydrogen-bond donors (Lipinski definition) is 0. The monoisotopic (exact) mass is 407 g/mol. The van der Waals surface area contributed by atoms with Gasteiger partial charge in [0.15, 0.2) is 0 Å². The average molecular weight is 408 g/mol. The number of hydrogen-bond acceptors (Lipinski definition) is 4. The van der Waals surface area contributed by atoms with Gasteiger partial charge < -0.3 is 4.90 Å². The lowest BCUT2D eigenvalue weighted by Gasteiger charge is -2.28. The number of benzene rings is 2. The van der Waals surface area contributed by atoms with Gasteiger partial charge in [-0.25, -0.2) is 0 Å². The summed E-state index contributed by atoms with van der Waals surface area (Å²) >= 11 is 12.2. The normalized spacial score (nSPS) is 13.7. The first-order chi connectivity index (χ1) is 12.9. The Bertz CT molecular complexity index is 919. The molecule has 0 unspecified atom stereocenters. The summed E-state index contributed by atoms with van der Waals surface area (Å²) in [6, 6.07) is 10.3. The Balaban J connectivity index is 2.01. The number of anilines is 1. The third-order valence-corrected chi connectivity index (χ3v) is 4.80. The molecule has 3 rings (SSSR count). The highest BCUT2D eigenvalue weighted by molar-refractivity contribution is 6.34. The standard InChI is InChI=1S/C18H15Cl2N3O4/c19-12-3-1-4-13(9-12)22(11-21-8-2-5-17(21)24)18(25)15-10-14(23(26)27)6-7-16(15)20/h1,3-4,6-7,9-10H,2,5,8,11H2. The van der Waals surface area contributed by atoms with E-state index in [-0.39, 0.29) is 28.8 Å². The van der Waals surface area contributed by atoms with Crippen LogP contribution in [0.3, 0.4) is 0 Å². The first-order valence-electron chi connectivity index (χ1n) is 8.16. The van der Waals surface area contributed by atoms with Crippen LogP contribution in [0.25, 0.3) is 0 Å². The van der Waals surface area contributed by atoms with Gasteiger partial charge in [0.1, 0.15) is 6.67 Å². The summed E-state index contributed by atoms with van der Waals surface area (Å²) in [7, 11) is 0. The minimum Gasteiger partial charge on any atom is -0.324 e. The third-order valence-electron chi connectivity index (χ3n) is 4.24. The average Bonchev–Trinajstić information content (AvgIpc) is 3.04. The number of rotatable bonds is 5. The lowest BCUT2D eigenvalue weighted by Crippen LogP contribution is -2.42. The molecule has 0 N–H and O–H groups in total. The Morgan fingerprint density at radius 1 is 1.22 bits per heavy atom. The van der Waals surface area contributed by atoms with Crippen LogP contribution < -0.4 is 4.90 Å². The maximum absolute atomic E-state index is 13.2. The van der Waals surface area contributed by atoms with Gasteiger partial charge in [0.05, 0.1) is 15.5 Å². The van der Waals surface area contributed by atoms with Crippen molar-refractivity contribution in [2.24, 2.45) is 0 Å². The molecule has 1 fully saturated rings. The fraction of sp³-hybridized carbons (Fsp3) is 0.222. The number of halogens is 2. The number of carbonyl (C=O) groups is 2. The Hall–Kier alpha value is -2.64. The molecule has 7 nitrogen and oxygen atoms in total. The molecule has 9 heteroatoms. The molecule has 140 valence electrons. The lowest BCUT2D eigenvalue weighted by atomic mass is 10.1. The molecule has 0 aromatic heterocycles. The molecular formula is C18H15Cl2N3O4. The van der Waals surface area contributed by atoms with E-state index in [0.29, 0.717) is 30.1 Å². The Morgan fingerprint density at radius 2 is 2.00 bits per heavy atom. The summed E-state index contributed by atoms with van der Waals surface area (Å²) < 4.78 is 0. The van der Waals surface area contributed by atoms with Gasteiger partial charge in [0.25, 0.3) is 11.6 Å². The molecule has 0 atom stereocenters. The first-order valence-corrected chi connectivity index (χ1v) is 8.91. The van der Waals surface area contributed by atoms with Crippen LogP contribution in [0.5, 0.6) is 0 Å². The van der Waals surface area contributed by atoms with E-state index >= 15 is 0 Å². The van der Waals surface area contributed by atoms with Crippen molar-refractivity contribution in [2.75, 3.05) is 18.1 Å². The van der Waals surface area contributed by atoms with E-state index in [1.807, 2.05) is 0 Å². The SMILES string of the molecule is O=C1CCCN1CN(C(=O)c1cc([N+](=O)[O-])ccc1Cl)c1cccc(Cl)c1. The van der Waals surface area contributed by atoms with E-state index in [0.717, 1.165) is 6.07 Å². The van der Waals surface area contributed by atoms with Gasteiger partial charge in [-0.2, -0.15) is 0 Å². The Morgan fingerprint density at radius 3 is 2.63 bits per heavy atom. The van der Waals surface area contributed by atoms with Gasteiger partial charge in [-0.1, -0.05) is 29.3 Å². The summed E-state index contributed by atoms with van der Waals surface area (Å²) in [4.78, 5) is 38.6. The number of carbonyl (C=O) groups excluding carboxylic acids is 2. The van der Waals surface area contributed by atoms with Crippen LogP contribution in [-0.2, 0) is 4.79 Å². The van der Waals surface area contributed by atoms with Crippen LogP contribution in [0, 0.1) is 10.1 Å². The first kappa shape index (κ1) is 19.1. The molecule has 1 saturated heterocycles. The maximum Gasteiger partial charge on any atom is 0.270 e. The van der Waals surface area contributed by atoms with Gasteiger partial charge in [-0.3, -0.25) is 24.6 Å². The second-order valence-corrected chi connectivity index (χ2v) is 6.88. The van der Waals surface area contributed by atoms with E-state index < -0.39 is 10.8 Å². The molecule has 0 radical (unpaired) electrons. The smallest absolute Gasteiger partial charge is 0.270 e. The number of nitro groups is 1. The van der Waals surface area contributed by atoms with Crippen LogP contribution in [0.15, 0.2) is 42.5 Å². The highest BCUT2D eigenvalue weighted by atomic mass is 35.5. The van der Waals surface area contributed by atoms with Gasteiger partial charge in [-0.05, 0) is 30.7 Å². The lowest BCUT2D eigenvalue weighted by molar-refractivity contribution is -0.384. The molecule has 1 aliphatic rings. The van der Waals surface area contributed by atoms with Gasteiger partial charge >= 0.3 is 0 Å². The molecule has 0 spiro atoms. The number of nitrogens with zero attached hydrogens (tertiary/aromatic N) is 3. The molecule has 2 aromatic rings. The largest absolute Gasteiger partial charge is 0.324 e. The van der Waals surface area contributed by atoms with Crippen molar-refractivity contribution in [3.8, 4) is 0 Å². The second-order valence-electron chi connectivity index (χ2n) is 6.04. The fourth-order valence-corrected chi connectivity index (χ4v) is 3.25. The molecule has 2 aromatic carbocycles. The van der Waals surface area contributed by atoms with Crippen LogP contribution in [0.1, 0.15) is 23.2 Å². The van der Waals surface area contributed by atoms with Crippen LogP contribution in [0.4, 0.5) is 11.4 Å². The summed E-state index contributed by atoms with van der Waals surface area (Å²) in [6.45, 7) is 0.545. The van der Waals surface area contributed by atoms with Crippen molar-refractivity contribution >= 4 is 46.4 Å². The van der Waals surface area contributed by atoms with Gasteiger partial charge in [0.2, 0.25) is 5.91 Å². The van der Waals surface area contributed by atoms with Crippen LogP contribution >= 0.6 is 23.2 Å². The minimum atomic E-state index is -0.596. The van der Waals surface area contributed by atoms with E-state index in [4.69, 9.17) is 23.2 Å². The zero-order valence-electron chi connectivity index (χ0n) is 14.1. The van der Waals surface area contributed by atoms with E-state index in [9.17, 15) is 19.7 Å². The number of nitro benzene ring substituents is 1. The number of likely N-dealkylation sites (tertiary alicyclic amines) is 1. The van der Waals surface area contributed by atoms with E-state index in [2.05, 4.69) is 0 Å². The molecule has 0 bridgehead atoms. The van der Waals surface area contributed by atoms with Gasteiger partial charge in [0, 0.05) is 35.8 Å². The van der Waals surface area contributed by atoms with Crippen molar-refractivity contribution in [1.82, 2.24) is 4.90 Å². The molecule has 1 heterocycles. The number of amides is 2. The van der Waals surface area contributed by atoms with Crippen molar-refractivity contribution in [2.45, 2.75) is 12.8 Å². The third kappa shape index (κ3) is 4.20. The highest BCUT2D eigenvalue weighted by Crippen LogP contribution is 2.28. The quantitative estimate of drug-likeness (QED) is 0.550. The maximum atomic E-state index is 13.2. The zero-order valence-corrected chi connectivity index (χ0v) is 15.6. The predicted molar refractivity (Wildman–Crippen MR) is 102 cm³/mol. The predicted octanol–water partition coefficient (Wildman–Crippen LogP) is 4.13. The van der Waals surface area contributed by atoms with E-state index in [1.54, 1.807) is 29.2 Å². The van der Waals surface area contributed by atoms with Crippen LogP contribution in [-0.4, -0.2) is 34.9 Å². The van der Waals surface area contributed by atoms with Crippen molar-refractivity contribution in [1.29, 1.82) is 0 Å². The summed E-state index contributed by atoms with van der Waals surface area (Å²) in [5, 5.41) is 11.6. The van der Waals surface area contributed by atoms with Crippen molar-refractivity contribution < 1.29 is 14.5 Å². The van der Waals surface area contributed by atoms with Crippen LogP contribution in [0.2, 0.25) is 10.0 Å². The summed E-state index contributed by atoms with van der Waals surface area (Å²) in [5.74, 6) is -0.606. The van der Waals surface area contributed by atoms with Crippen molar-refractivity contribution in [3.05, 3.63) is 68.2 Å². The fourth-order valence-electron chi connectivity index (χ4n) is 2.87. The molecular weight excluding hydrogens is 393 g/mol. The Labute approximate surface area is 165 Å². The van der Waals surface area contributed by atoms with E-state index in [1.165, 1.54) is 17.0 Å². The van der Waals surface area contributed by atoms with Gasteiger partial charge in [-0.15, -0.1) is 0 Å². The summed E-state index contributed by atoms with van der Waals surface area (Å²) in [5.41, 5.74) is 0.207. The topological polar surface area (TPSA) is 83.8 Å². The zero-order chi connectivity index (χ0) is 19.6. The Kier molecular flexibility index (Phi) is 5.62. The molecule has 1 aliphatic heterocycles. The molecule has 0 saturated carbocycles. The molecule has 27 heavy (non-hydrogen) atoms. The minimum absolute atomic E-state index is 0.0109. The molecule has 2 amide bonds. The summed E-state index contributed by atoms with van der Waals surface area (Å²) in [6.07, 6.45) is 1.14. The second kappa shape index (κ2) is 7.94. The highest BCUT2D eigenvalue weighted by Gasteiger charge is 2.28. The number of non-ortho nitro benzene ring substituents is 1.